The Labute approximate surface area is 122 Å². The highest BCUT2D eigenvalue weighted by molar-refractivity contribution is 7.08. The van der Waals surface area contributed by atoms with Crippen molar-refractivity contribution in [2.75, 3.05) is 13.1 Å². The lowest BCUT2D eigenvalue weighted by Gasteiger charge is -2.43. The number of thiophene rings is 1. The van der Waals surface area contributed by atoms with Crippen molar-refractivity contribution >= 4 is 11.3 Å². The molecule has 2 nitrogen and oxygen atoms in total. The van der Waals surface area contributed by atoms with E-state index in [1.807, 2.05) is 11.3 Å². The van der Waals surface area contributed by atoms with Gasteiger partial charge in [0.2, 0.25) is 0 Å². The molecule has 0 aliphatic carbocycles. The molecule has 0 spiro atoms. The zero-order valence-corrected chi connectivity index (χ0v) is 13.6. The van der Waals surface area contributed by atoms with Gasteiger partial charge in [-0.1, -0.05) is 13.8 Å². The van der Waals surface area contributed by atoms with Crippen LogP contribution in [0.15, 0.2) is 10.8 Å². The number of aryl methyl sites for hydroxylation is 1. The number of hydrogen-bond donors (Lipinski definition) is 1. The average Bonchev–Trinajstić information content (AvgIpc) is 2.80. The quantitative estimate of drug-likeness (QED) is 0.885. The second kappa shape index (κ2) is 6.87. The molecular weight excluding hydrogens is 252 g/mol. The third kappa shape index (κ3) is 3.59. The normalized spacial score (nSPS) is 28.7. The molecule has 1 aromatic rings. The SMILES string of the molecule is CCCNC1CCN(Cc2cscc2C)C(C)C1C. The Morgan fingerprint density at radius 2 is 2.16 bits per heavy atom. The van der Waals surface area contributed by atoms with Gasteiger partial charge in [0.25, 0.3) is 0 Å². The van der Waals surface area contributed by atoms with Crippen molar-refractivity contribution in [3.8, 4) is 0 Å². The largest absolute Gasteiger partial charge is 0.314 e. The van der Waals surface area contributed by atoms with Gasteiger partial charge < -0.3 is 5.32 Å². The Kier molecular flexibility index (Phi) is 5.43. The Bertz CT molecular complexity index is 388. The Balaban J connectivity index is 1.93. The van der Waals surface area contributed by atoms with Gasteiger partial charge in [-0.3, -0.25) is 4.90 Å². The number of rotatable bonds is 5. The van der Waals surface area contributed by atoms with Gasteiger partial charge in [0, 0.05) is 25.2 Å². The minimum atomic E-state index is 0.669. The van der Waals surface area contributed by atoms with E-state index >= 15 is 0 Å². The molecule has 0 radical (unpaired) electrons. The molecule has 1 N–H and O–H groups in total. The molecule has 2 heterocycles. The van der Waals surface area contributed by atoms with Crippen LogP contribution in [-0.2, 0) is 6.54 Å². The van der Waals surface area contributed by atoms with E-state index in [1.165, 1.54) is 30.5 Å². The number of nitrogens with zero attached hydrogens (tertiary/aromatic N) is 1. The molecule has 2 rings (SSSR count). The van der Waals surface area contributed by atoms with Crippen LogP contribution in [0.4, 0.5) is 0 Å². The van der Waals surface area contributed by atoms with Crippen molar-refractivity contribution < 1.29 is 0 Å². The summed E-state index contributed by atoms with van der Waals surface area (Å²) in [7, 11) is 0. The highest BCUT2D eigenvalue weighted by Crippen LogP contribution is 2.26. The summed E-state index contributed by atoms with van der Waals surface area (Å²) in [6, 6.07) is 1.37. The molecule has 3 heteroatoms. The van der Waals surface area contributed by atoms with Crippen molar-refractivity contribution in [1.82, 2.24) is 10.2 Å². The Morgan fingerprint density at radius 1 is 1.37 bits per heavy atom. The minimum Gasteiger partial charge on any atom is -0.314 e. The molecule has 0 aromatic carbocycles. The first-order valence-electron chi connectivity index (χ1n) is 7.62. The molecule has 1 aliphatic rings. The molecule has 108 valence electrons. The number of likely N-dealkylation sites (tertiary alicyclic amines) is 1. The molecule has 3 unspecified atom stereocenters. The highest BCUT2D eigenvalue weighted by Gasteiger charge is 2.31. The minimum absolute atomic E-state index is 0.669. The summed E-state index contributed by atoms with van der Waals surface area (Å²) in [6.07, 6.45) is 2.52. The molecule has 1 aromatic heterocycles. The highest BCUT2D eigenvalue weighted by atomic mass is 32.1. The van der Waals surface area contributed by atoms with Crippen LogP contribution in [-0.4, -0.2) is 30.1 Å². The lowest BCUT2D eigenvalue weighted by Crippen LogP contribution is -2.53. The molecular formula is C16H28N2S. The van der Waals surface area contributed by atoms with Crippen LogP contribution in [0, 0.1) is 12.8 Å². The monoisotopic (exact) mass is 280 g/mol. The summed E-state index contributed by atoms with van der Waals surface area (Å²) in [5, 5.41) is 8.29. The van der Waals surface area contributed by atoms with Crippen molar-refractivity contribution in [3.05, 3.63) is 21.9 Å². The zero-order chi connectivity index (χ0) is 13.8. The van der Waals surface area contributed by atoms with E-state index in [-0.39, 0.29) is 0 Å². The maximum Gasteiger partial charge on any atom is 0.0247 e. The van der Waals surface area contributed by atoms with Crippen LogP contribution in [0.2, 0.25) is 0 Å². The fraction of sp³-hybridized carbons (Fsp3) is 0.750. The Hall–Kier alpha value is -0.380. The second-order valence-electron chi connectivity index (χ2n) is 6.00. The summed E-state index contributed by atoms with van der Waals surface area (Å²) in [5.41, 5.74) is 2.97. The maximum absolute atomic E-state index is 3.72. The van der Waals surface area contributed by atoms with Crippen LogP contribution < -0.4 is 5.32 Å². The van der Waals surface area contributed by atoms with E-state index in [1.54, 1.807) is 0 Å². The van der Waals surface area contributed by atoms with E-state index in [2.05, 4.69) is 48.7 Å². The smallest absolute Gasteiger partial charge is 0.0247 e. The van der Waals surface area contributed by atoms with Gasteiger partial charge >= 0.3 is 0 Å². The Morgan fingerprint density at radius 3 is 2.79 bits per heavy atom. The zero-order valence-electron chi connectivity index (χ0n) is 12.8. The van der Waals surface area contributed by atoms with Crippen molar-refractivity contribution in [2.45, 2.75) is 59.2 Å². The summed E-state index contributed by atoms with van der Waals surface area (Å²) in [6.45, 7) is 12.8. The van der Waals surface area contributed by atoms with Gasteiger partial charge in [0.05, 0.1) is 0 Å². The molecule has 19 heavy (non-hydrogen) atoms. The molecule has 1 fully saturated rings. The number of nitrogens with one attached hydrogen (secondary N) is 1. The first-order chi connectivity index (χ1) is 9.13. The fourth-order valence-electron chi connectivity index (χ4n) is 3.05. The topological polar surface area (TPSA) is 15.3 Å². The third-order valence-electron chi connectivity index (χ3n) is 4.69. The first-order valence-corrected chi connectivity index (χ1v) is 8.56. The van der Waals surface area contributed by atoms with E-state index < -0.39 is 0 Å². The molecule has 0 amide bonds. The van der Waals surface area contributed by atoms with Gasteiger partial charge in [0.15, 0.2) is 0 Å². The van der Waals surface area contributed by atoms with Crippen LogP contribution in [0.25, 0.3) is 0 Å². The number of piperidine rings is 1. The van der Waals surface area contributed by atoms with Crippen LogP contribution in [0.3, 0.4) is 0 Å². The number of hydrogen-bond acceptors (Lipinski definition) is 3. The van der Waals surface area contributed by atoms with Gasteiger partial charge in [-0.2, -0.15) is 11.3 Å². The average molecular weight is 280 g/mol. The molecule has 0 bridgehead atoms. The summed E-state index contributed by atoms with van der Waals surface area (Å²) in [5.74, 6) is 0.735. The fourth-order valence-corrected chi connectivity index (χ4v) is 3.90. The summed E-state index contributed by atoms with van der Waals surface area (Å²) < 4.78 is 0. The molecule has 1 aliphatic heterocycles. The van der Waals surface area contributed by atoms with Crippen molar-refractivity contribution in [1.29, 1.82) is 0 Å². The summed E-state index contributed by atoms with van der Waals surface area (Å²) in [4.78, 5) is 2.66. The van der Waals surface area contributed by atoms with E-state index in [4.69, 9.17) is 0 Å². The molecule has 3 atom stereocenters. The van der Waals surface area contributed by atoms with Crippen LogP contribution in [0.5, 0.6) is 0 Å². The van der Waals surface area contributed by atoms with Crippen LogP contribution >= 0.6 is 11.3 Å². The van der Waals surface area contributed by atoms with Crippen molar-refractivity contribution in [3.63, 3.8) is 0 Å². The van der Waals surface area contributed by atoms with Gasteiger partial charge in [-0.05, 0) is 61.0 Å². The third-order valence-corrected chi connectivity index (χ3v) is 5.60. The van der Waals surface area contributed by atoms with E-state index in [0.29, 0.717) is 12.1 Å². The lowest BCUT2D eigenvalue weighted by atomic mass is 9.86. The standard InChI is InChI=1S/C16H28N2S/c1-5-7-17-16-6-8-18(14(4)13(16)3)9-15-11-19-10-12(15)2/h10-11,13-14,16-17H,5-9H2,1-4H3. The maximum atomic E-state index is 3.72. The van der Waals surface area contributed by atoms with E-state index in [0.717, 1.165) is 19.0 Å². The van der Waals surface area contributed by atoms with E-state index in [9.17, 15) is 0 Å². The molecule has 1 saturated heterocycles. The van der Waals surface area contributed by atoms with Crippen molar-refractivity contribution in [2.24, 2.45) is 5.92 Å². The second-order valence-corrected chi connectivity index (χ2v) is 6.74. The predicted octanol–water partition coefficient (Wildman–Crippen LogP) is 3.66. The lowest BCUT2D eigenvalue weighted by molar-refractivity contribution is 0.0784. The van der Waals surface area contributed by atoms with Gasteiger partial charge in [-0.25, -0.2) is 0 Å². The first kappa shape index (κ1) is 15.0. The van der Waals surface area contributed by atoms with Crippen LogP contribution in [0.1, 0.15) is 44.7 Å². The van der Waals surface area contributed by atoms with Gasteiger partial charge in [0.1, 0.15) is 0 Å². The summed E-state index contributed by atoms with van der Waals surface area (Å²) >= 11 is 1.83. The predicted molar refractivity (Wildman–Crippen MR) is 84.8 cm³/mol. The molecule has 0 saturated carbocycles. The van der Waals surface area contributed by atoms with Gasteiger partial charge in [-0.15, -0.1) is 0 Å².